The number of carboxylic acids is 1. The van der Waals surface area contributed by atoms with Crippen LogP contribution >= 0.6 is 0 Å². The third-order valence-electron chi connectivity index (χ3n) is 2.71. The Morgan fingerprint density at radius 2 is 2.09 bits per heavy atom. The van der Waals surface area contributed by atoms with E-state index in [0.717, 1.165) is 0 Å². The molecular formula is C15H20N2O5. The Labute approximate surface area is 128 Å². The average Bonchev–Trinajstić information content (AvgIpc) is 2.94. The Hall–Kier alpha value is -2.57. The monoisotopic (exact) mass is 308 g/mol. The molecule has 1 heterocycles. The van der Waals surface area contributed by atoms with Crippen molar-refractivity contribution in [3.63, 3.8) is 0 Å². The highest BCUT2D eigenvalue weighted by atomic mass is 16.4. The van der Waals surface area contributed by atoms with E-state index in [0.29, 0.717) is 12.2 Å². The fourth-order valence-electron chi connectivity index (χ4n) is 1.71. The fraction of sp³-hybridized carbons (Fsp3) is 0.400. The van der Waals surface area contributed by atoms with E-state index in [4.69, 9.17) is 9.52 Å². The predicted molar refractivity (Wildman–Crippen MR) is 79.8 cm³/mol. The molecule has 0 spiro atoms. The Balaban J connectivity index is 2.38. The summed E-state index contributed by atoms with van der Waals surface area (Å²) in [6.07, 6.45) is 4.50. The van der Waals surface area contributed by atoms with E-state index < -0.39 is 23.8 Å². The Kier molecular flexibility index (Phi) is 6.88. The molecule has 1 aromatic heterocycles. The highest BCUT2D eigenvalue weighted by molar-refractivity contribution is 5.94. The molecule has 0 aliphatic carbocycles. The minimum Gasteiger partial charge on any atom is -0.480 e. The molecule has 0 radical (unpaired) electrons. The van der Waals surface area contributed by atoms with Gasteiger partial charge in [-0.2, -0.15) is 0 Å². The van der Waals surface area contributed by atoms with Gasteiger partial charge < -0.3 is 20.2 Å². The topological polar surface area (TPSA) is 109 Å². The van der Waals surface area contributed by atoms with Crippen LogP contribution in [0.25, 0.3) is 6.08 Å². The number of carbonyl (C=O) groups excluding carboxylic acids is 2. The van der Waals surface area contributed by atoms with Gasteiger partial charge in [0.15, 0.2) is 0 Å². The van der Waals surface area contributed by atoms with Crippen molar-refractivity contribution in [2.24, 2.45) is 5.92 Å². The lowest BCUT2D eigenvalue weighted by Crippen LogP contribution is -2.45. The van der Waals surface area contributed by atoms with Crippen LogP contribution in [0.5, 0.6) is 0 Å². The van der Waals surface area contributed by atoms with Gasteiger partial charge in [0.2, 0.25) is 11.8 Å². The summed E-state index contributed by atoms with van der Waals surface area (Å²) >= 11 is 0. The molecule has 0 saturated heterocycles. The molecule has 2 amide bonds. The molecule has 3 N–H and O–H groups in total. The van der Waals surface area contributed by atoms with Gasteiger partial charge >= 0.3 is 5.97 Å². The molecule has 0 aliphatic rings. The molecule has 22 heavy (non-hydrogen) atoms. The van der Waals surface area contributed by atoms with Crippen molar-refractivity contribution in [2.75, 3.05) is 6.54 Å². The normalized spacial score (nSPS) is 12.3. The minimum absolute atomic E-state index is 0.132. The lowest BCUT2D eigenvalue weighted by Gasteiger charge is -2.16. The highest BCUT2D eigenvalue weighted by Gasteiger charge is 2.20. The molecule has 1 atom stereocenters. The van der Waals surface area contributed by atoms with Crippen molar-refractivity contribution in [2.45, 2.75) is 26.3 Å². The number of carboxylic acid groups (broad SMARTS) is 1. The van der Waals surface area contributed by atoms with E-state index >= 15 is 0 Å². The van der Waals surface area contributed by atoms with Crippen LogP contribution in [0.1, 0.15) is 26.0 Å². The highest BCUT2D eigenvalue weighted by Crippen LogP contribution is 2.04. The largest absolute Gasteiger partial charge is 0.480 e. The van der Waals surface area contributed by atoms with Gasteiger partial charge in [-0.15, -0.1) is 0 Å². The molecular weight excluding hydrogens is 288 g/mol. The minimum atomic E-state index is -1.09. The average molecular weight is 308 g/mol. The third kappa shape index (κ3) is 6.74. The van der Waals surface area contributed by atoms with Crippen molar-refractivity contribution in [3.8, 4) is 0 Å². The van der Waals surface area contributed by atoms with Crippen LogP contribution in [0.4, 0.5) is 0 Å². The van der Waals surface area contributed by atoms with E-state index in [1.54, 1.807) is 12.1 Å². The quantitative estimate of drug-likeness (QED) is 0.621. The molecule has 120 valence electrons. The van der Waals surface area contributed by atoms with Gasteiger partial charge in [0, 0.05) is 6.08 Å². The van der Waals surface area contributed by atoms with Gasteiger partial charge in [-0.25, -0.2) is 4.79 Å². The first kappa shape index (κ1) is 17.5. The number of hydrogen-bond acceptors (Lipinski definition) is 4. The first-order chi connectivity index (χ1) is 10.4. The number of furan rings is 1. The number of carbonyl (C=O) groups is 3. The second kappa shape index (κ2) is 8.66. The summed E-state index contributed by atoms with van der Waals surface area (Å²) in [5, 5.41) is 13.8. The van der Waals surface area contributed by atoms with Crippen LogP contribution in [-0.4, -0.2) is 35.5 Å². The smallest absolute Gasteiger partial charge is 0.326 e. The summed E-state index contributed by atoms with van der Waals surface area (Å²) in [7, 11) is 0. The second-order valence-electron chi connectivity index (χ2n) is 5.15. The Morgan fingerprint density at radius 3 is 2.64 bits per heavy atom. The van der Waals surface area contributed by atoms with E-state index in [2.05, 4.69) is 10.6 Å². The summed E-state index contributed by atoms with van der Waals surface area (Å²) < 4.78 is 5.01. The molecule has 7 nitrogen and oxygen atoms in total. The summed E-state index contributed by atoms with van der Waals surface area (Å²) in [5.41, 5.74) is 0. The number of rotatable bonds is 8. The maximum atomic E-state index is 11.6. The van der Waals surface area contributed by atoms with Crippen molar-refractivity contribution < 1.29 is 23.9 Å². The molecule has 0 unspecified atom stereocenters. The lowest BCUT2D eigenvalue weighted by molar-refractivity contribution is -0.142. The van der Waals surface area contributed by atoms with Crippen molar-refractivity contribution in [1.29, 1.82) is 0 Å². The zero-order chi connectivity index (χ0) is 16.5. The van der Waals surface area contributed by atoms with E-state index in [1.807, 2.05) is 13.8 Å². The number of hydrogen-bond donors (Lipinski definition) is 3. The Bertz CT molecular complexity index is 534. The standard InChI is InChI=1S/C15H20N2O5/c1-10(2)8-12(15(20)21)17-14(19)9-16-13(18)6-5-11-4-3-7-22-11/h3-7,10,12H,8-9H2,1-2H3,(H,16,18)(H,17,19)(H,20,21)/b6-5+/t12-/m1/s1. The van der Waals surface area contributed by atoms with E-state index in [-0.39, 0.29) is 12.5 Å². The van der Waals surface area contributed by atoms with Gasteiger partial charge in [-0.1, -0.05) is 13.8 Å². The summed E-state index contributed by atoms with van der Waals surface area (Å²) in [6.45, 7) is 3.44. The fourth-order valence-corrected chi connectivity index (χ4v) is 1.71. The molecule has 0 aromatic carbocycles. The van der Waals surface area contributed by atoms with E-state index in [1.165, 1.54) is 18.4 Å². The van der Waals surface area contributed by atoms with Crippen LogP contribution in [0, 0.1) is 5.92 Å². The summed E-state index contributed by atoms with van der Waals surface area (Å²) in [6, 6.07) is 2.41. The van der Waals surface area contributed by atoms with Gasteiger partial charge in [0.1, 0.15) is 11.8 Å². The maximum absolute atomic E-state index is 11.6. The van der Waals surface area contributed by atoms with Crippen molar-refractivity contribution >= 4 is 23.9 Å². The van der Waals surface area contributed by atoms with Crippen molar-refractivity contribution in [1.82, 2.24) is 10.6 Å². The van der Waals surface area contributed by atoms with Gasteiger partial charge in [-0.3, -0.25) is 9.59 Å². The molecule has 1 rings (SSSR count). The Morgan fingerprint density at radius 1 is 1.36 bits per heavy atom. The molecule has 0 saturated carbocycles. The molecule has 0 fully saturated rings. The second-order valence-corrected chi connectivity index (χ2v) is 5.15. The summed E-state index contributed by atoms with van der Waals surface area (Å²) in [5.74, 6) is -1.46. The van der Waals surface area contributed by atoms with Gasteiger partial charge in [-0.05, 0) is 30.5 Å². The van der Waals surface area contributed by atoms with Crippen LogP contribution < -0.4 is 10.6 Å². The van der Waals surface area contributed by atoms with Crippen LogP contribution in [0.15, 0.2) is 28.9 Å². The van der Waals surface area contributed by atoms with Gasteiger partial charge in [0.25, 0.3) is 0 Å². The maximum Gasteiger partial charge on any atom is 0.326 e. The SMILES string of the molecule is CC(C)C[C@@H](NC(=O)CNC(=O)/C=C/c1ccco1)C(=O)O. The molecule has 0 bridgehead atoms. The van der Waals surface area contributed by atoms with Crippen molar-refractivity contribution in [3.05, 3.63) is 30.2 Å². The van der Waals surface area contributed by atoms with Crippen LogP contribution in [0.3, 0.4) is 0 Å². The summed E-state index contributed by atoms with van der Waals surface area (Å²) in [4.78, 5) is 34.2. The predicted octanol–water partition coefficient (Wildman–Crippen LogP) is 1.02. The first-order valence-electron chi connectivity index (χ1n) is 6.90. The third-order valence-corrected chi connectivity index (χ3v) is 2.71. The van der Waals surface area contributed by atoms with E-state index in [9.17, 15) is 14.4 Å². The molecule has 1 aromatic rings. The first-order valence-corrected chi connectivity index (χ1v) is 6.90. The number of amides is 2. The van der Waals surface area contributed by atoms with Crippen LogP contribution in [0.2, 0.25) is 0 Å². The van der Waals surface area contributed by atoms with Crippen LogP contribution in [-0.2, 0) is 14.4 Å². The zero-order valence-corrected chi connectivity index (χ0v) is 12.5. The lowest BCUT2D eigenvalue weighted by atomic mass is 10.0. The molecule has 0 aliphatic heterocycles. The van der Waals surface area contributed by atoms with Gasteiger partial charge in [0.05, 0.1) is 12.8 Å². The number of nitrogens with one attached hydrogen (secondary N) is 2. The molecule has 7 heteroatoms. The number of aliphatic carboxylic acids is 1. The zero-order valence-electron chi connectivity index (χ0n) is 12.5.